The highest BCUT2D eigenvalue weighted by molar-refractivity contribution is 5.76. The highest BCUT2D eigenvalue weighted by atomic mass is 16.5. The standard InChI is InChI=1S/C16H19N3O4/c1-12-17-19(16(21)23-12)10-15(20)18-9-5-6-13(18)11-22-14-7-3-2-4-8-14/h2-4,7-8,13H,5-6,9-11H2,1H3/t13-/m0/s1. The molecule has 1 aromatic carbocycles. The van der Waals surface area contributed by atoms with Gasteiger partial charge in [0.1, 0.15) is 18.9 Å². The van der Waals surface area contributed by atoms with Gasteiger partial charge in [-0.2, -0.15) is 4.68 Å². The number of ether oxygens (including phenoxy) is 1. The number of hydrogen-bond acceptors (Lipinski definition) is 5. The van der Waals surface area contributed by atoms with Crippen LogP contribution in [0.4, 0.5) is 0 Å². The molecule has 2 heterocycles. The average Bonchev–Trinajstić information content (AvgIpc) is 3.13. The van der Waals surface area contributed by atoms with Crippen LogP contribution in [0.2, 0.25) is 0 Å². The molecule has 3 rings (SSSR count). The van der Waals surface area contributed by atoms with E-state index < -0.39 is 5.76 Å². The van der Waals surface area contributed by atoms with E-state index in [0.29, 0.717) is 13.2 Å². The quantitative estimate of drug-likeness (QED) is 0.828. The van der Waals surface area contributed by atoms with Crippen LogP contribution < -0.4 is 10.5 Å². The third-order valence-corrected chi connectivity index (χ3v) is 3.88. The highest BCUT2D eigenvalue weighted by Gasteiger charge is 2.29. The van der Waals surface area contributed by atoms with Crippen molar-refractivity contribution in [2.75, 3.05) is 13.2 Å². The number of benzene rings is 1. The number of likely N-dealkylation sites (tertiary alicyclic amines) is 1. The summed E-state index contributed by atoms with van der Waals surface area (Å²) >= 11 is 0. The SMILES string of the molecule is Cc1nn(CC(=O)N2CCC[C@H]2COc2ccccc2)c(=O)o1. The number of aryl methyl sites for hydroxylation is 1. The largest absolute Gasteiger partial charge is 0.491 e. The van der Waals surface area contributed by atoms with Gasteiger partial charge < -0.3 is 14.1 Å². The maximum atomic E-state index is 12.4. The fourth-order valence-electron chi connectivity index (χ4n) is 2.78. The molecule has 0 radical (unpaired) electrons. The van der Waals surface area contributed by atoms with Gasteiger partial charge >= 0.3 is 5.76 Å². The number of carbonyl (C=O) groups excluding carboxylic acids is 1. The van der Waals surface area contributed by atoms with Gasteiger partial charge in [0.25, 0.3) is 0 Å². The van der Waals surface area contributed by atoms with Crippen LogP contribution in [-0.4, -0.2) is 39.8 Å². The van der Waals surface area contributed by atoms with Crippen molar-refractivity contribution < 1.29 is 13.9 Å². The molecule has 0 unspecified atom stereocenters. The smallest absolute Gasteiger partial charge is 0.437 e. The summed E-state index contributed by atoms with van der Waals surface area (Å²) in [5.41, 5.74) is 0. The fourth-order valence-corrected chi connectivity index (χ4v) is 2.78. The van der Waals surface area contributed by atoms with E-state index in [0.717, 1.165) is 23.3 Å². The minimum Gasteiger partial charge on any atom is -0.491 e. The predicted molar refractivity (Wildman–Crippen MR) is 82.2 cm³/mol. The van der Waals surface area contributed by atoms with Gasteiger partial charge in [-0.25, -0.2) is 4.79 Å². The van der Waals surface area contributed by atoms with Crippen LogP contribution in [0.15, 0.2) is 39.5 Å². The number of aromatic nitrogens is 2. The van der Waals surface area contributed by atoms with Crippen molar-refractivity contribution in [3.8, 4) is 5.75 Å². The monoisotopic (exact) mass is 317 g/mol. The third-order valence-electron chi connectivity index (χ3n) is 3.88. The first-order chi connectivity index (χ1) is 11.1. The zero-order valence-corrected chi connectivity index (χ0v) is 13.0. The number of rotatable bonds is 5. The maximum absolute atomic E-state index is 12.4. The fraction of sp³-hybridized carbons (Fsp3) is 0.438. The summed E-state index contributed by atoms with van der Waals surface area (Å²) in [4.78, 5) is 25.7. The molecule has 2 aromatic rings. The zero-order valence-electron chi connectivity index (χ0n) is 13.0. The highest BCUT2D eigenvalue weighted by Crippen LogP contribution is 2.19. The molecule has 1 aliphatic rings. The lowest BCUT2D eigenvalue weighted by Crippen LogP contribution is -2.42. The zero-order chi connectivity index (χ0) is 16.2. The van der Waals surface area contributed by atoms with Crippen LogP contribution >= 0.6 is 0 Å². The molecular formula is C16H19N3O4. The molecule has 1 amide bonds. The van der Waals surface area contributed by atoms with E-state index in [9.17, 15) is 9.59 Å². The van der Waals surface area contributed by atoms with Gasteiger partial charge in [0, 0.05) is 13.5 Å². The Kier molecular flexibility index (Phi) is 4.45. The molecule has 1 aliphatic heterocycles. The van der Waals surface area contributed by atoms with E-state index in [-0.39, 0.29) is 24.4 Å². The van der Waals surface area contributed by atoms with Gasteiger partial charge in [0.2, 0.25) is 11.8 Å². The summed E-state index contributed by atoms with van der Waals surface area (Å²) in [5.74, 6) is 0.301. The van der Waals surface area contributed by atoms with E-state index in [2.05, 4.69) is 5.10 Å². The number of amides is 1. The summed E-state index contributed by atoms with van der Waals surface area (Å²) in [7, 11) is 0. The van der Waals surface area contributed by atoms with Crippen molar-refractivity contribution in [2.24, 2.45) is 0 Å². The Morgan fingerprint density at radius 2 is 2.17 bits per heavy atom. The lowest BCUT2D eigenvalue weighted by atomic mass is 10.2. The molecule has 0 saturated carbocycles. The Labute approximate surface area is 133 Å². The first-order valence-electron chi connectivity index (χ1n) is 7.65. The lowest BCUT2D eigenvalue weighted by molar-refractivity contribution is -0.133. The van der Waals surface area contributed by atoms with E-state index in [1.54, 1.807) is 11.8 Å². The van der Waals surface area contributed by atoms with Gasteiger partial charge in [-0.1, -0.05) is 18.2 Å². The summed E-state index contributed by atoms with van der Waals surface area (Å²) in [6.07, 6.45) is 1.83. The molecular weight excluding hydrogens is 298 g/mol. The molecule has 1 atom stereocenters. The van der Waals surface area contributed by atoms with Crippen LogP contribution in [0, 0.1) is 6.92 Å². The summed E-state index contributed by atoms with van der Waals surface area (Å²) in [5, 5.41) is 3.90. The van der Waals surface area contributed by atoms with Gasteiger partial charge in [-0.3, -0.25) is 4.79 Å². The van der Waals surface area contributed by atoms with Gasteiger partial charge in [-0.05, 0) is 25.0 Å². The Morgan fingerprint density at radius 3 is 2.87 bits per heavy atom. The van der Waals surface area contributed by atoms with Crippen molar-refractivity contribution in [1.82, 2.24) is 14.7 Å². The molecule has 0 aliphatic carbocycles. The number of carbonyl (C=O) groups is 1. The molecule has 7 nitrogen and oxygen atoms in total. The van der Waals surface area contributed by atoms with E-state index in [4.69, 9.17) is 9.15 Å². The molecule has 0 spiro atoms. The van der Waals surface area contributed by atoms with Crippen LogP contribution in [0.1, 0.15) is 18.7 Å². The predicted octanol–water partition coefficient (Wildman–Crippen LogP) is 1.21. The van der Waals surface area contributed by atoms with Crippen molar-refractivity contribution in [2.45, 2.75) is 32.4 Å². The Hall–Kier alpha value is -2.57. The maximum Gasteiger partial charge on any atom is 0.437 e. The second kappa shape index (κ2) is 6.68. The average molecular weight is 317 g/mol. The summed E-state index contributed by atoms with van der Waals surface area (Å²) < 4.78 is 11.6. The number of hydrogen-bond donors (Lipinski definition) is 0. The first kappa shape index (κ1) is 15.3. The Morgan fingerprint density at radius 1 is 1.39 bits per heavy atom. The molecule has 122 valence electrons. The van der Waals surface area contributed by atoms with Crippen LogP contribution in [-0.2, 0) is 11.3 Å². The van der Waals surface area contributed by atoms with Gasteiger partial charge in [-0.15, -0.1) is 5.10 Å². The molecule has 0 bridgehead atoms. The molecule has 1 saturated heterocycles. The summed E-state index contributed by atoms with van der Waals surface area (Å²) in [6, 6.07) is 9.54. The van der Waals surface area contributed by atoms with Crippen molar-refractivity contribution >= 4 is 5.91 Å². The van der Waals surface area contributed by atoms with Gasteiger partial charge in [0.15, 0.2) is 0 Å². The van der Waals surface area contributed by atoms with Crippen molar-refractivity contribution in [1.29, 1.82) is 0 Å². The van der Waals surface area contributed by atoms with Crippen molar-refractivity contribution in [3.63, 3.8) is 0 Å². The normalized spacial score (nSPS) is 17.4. The Balaban J connectivity index is 1.60. The van der Waals surface area contributed by atoms with E-state index in [1.807, 2.05) is 30.3 Å². The van der Waals surface area contributed by atoms with Crippen LogP contribution in [0.3, 0.4) is 0 Å². The second-order valence-electron chi connectivity index (χ2n) is 5.55. The van der Waals surface area contributed by atoms with E-state index in [1.165, 1.54) is 0 Å². The van der Waals surface area contributed by atoms with Crippen LogP contribution in [0.25, 0.3) is 0 Å². The number of nitrogens with zero attached hydrogens (tertiary/aromatic N) is 3. The molecule has 0 N–H and O–H groups in total. The molecule has 23 heavy (non-hydrogen) atoms. The molecule has 1 aromatic heterocycles. The Bertz CT molecular complexity index is 722. The molecule has 1 fully saturated rings. The number of para-hydroxylation sites is 1. The topological polar surface area (TPSA) is 77.6 Å². The van der Waals surface area contributed by atoms with Crippen molar-refractivity contribution in [3.05, 3.63) is 46.8 Å². The van der Waals surface area contributed by atoms with Gasteiger partial charge in [0.05, 0.1) is 6.04 Å². The molecule has 7 heteroatoms. The minimum atomic E-state index is -0.605. The summed E-state index contributed by atoms with van der Waals surface area (Å²) in [6.45, 7) is 2.60. The second-order valence-corrected chi connectivity index (χ2v) is 5.55. The van der Waals surface area contributed by atoms with E-state index >= 15 is 0 Å². The lowest BCUT2D eigenvalue weighted by Gasteiger charge is -2.24. The minimum absolute atomic E-state index is 0.0198. The first-order valence-corrected chi connectivity index (χ1v) is 7.65. The third kappa shape index (κ3) is 3.61. The van der Waals surface area contributed by atoms with Crippen LogP contribution in [0.5, 0.6) is 5.75 Å².